The van der Waals surface area contributed by atoms with E-state index in [1.807, 2.05) is 0 Å². The van der Waals surface area contributed by atoms with Crippen LogP contribution in [0.1, 0.15) is 12.8 Å². The van der Waals surface area contributed by atoms with Crippen molar-refractivity contribution in [2.75, 3.05) is 24.6 Å². The number of sulfonamides is 1. The minimum atomic E-state index is -3.14. The van der Waals surface area contributed by atoms with Gasteiger partial charge in [-0.05, 0) is 30.9 Å². The monoisotopic (exact) mass is 270 g/mol. The Kier molecular flexibility index (Phi) is 4.08. The van der Waals surface area contributed by atoms with E-state index in [1.54, 1.807) is 24.3 Å². The number of benzene rings is 1. The third kappa shape index (κ3) is 4.54. The molecular weight excluding hydrogens is 252 g/mol. The van der Waals surface area contributed by atoms with Crippen molar-refractivity contribution < 1.29 is 13.2 Å². The molecular formula is C12H18N2O3S. The molecule has 1 saturated carbocycles. The largest absolute Gasteiger partial charge is 0.492 e. The van der Waals surface area contributed by atoms with Gasteiger partial charge in [-0.1, -0.05) is 6.07 Å². The van der Waals surface area contributed by atoms with Crippen LogP contribution in [0, 0.1) is 5.92 Å². The van der Waals surface area contributed by atoms with Crippen LogP contribution in [-0.4, -0.2) is 27.3 Å². The zero-order valence-corrected chi connectivity index (χ0v) is 10.9. The third-order valence-electron chi connectivity index (χ3n) is 2.70. The average molecular weight is 270 g/mol. The Labute approximate surface area is 107 Å². The van der Waals surface area contributed by atoms with Gasteiger partial charge >= 0.3 is 0 Å². The topological polar surface area (TPSA) is 81.4 Å². The molecule has 100 valence electrons. The molecule has 1 aliphatic carbocycles. The first kappa shape index (κ1) is 13.2. The smallest absolute Gasteiger partial charge is 0.211 e. The van der Waals surface area contributed by atoms with E-state index in [9.17, 15) is 8.42 Å². The number of rotatable bonds is 7. The summed E-state index contributed by atoms with van der Waals surface area (Å²) in [4.78, 5) is 0. The van der Waals surface area contributed by atoms with Crippen molar-refractivity contribution in [3.05, 3.63) is 24.3 Å². The van der Waals surface area contributed by atoms with E-state index in [0.717, 1.165) is 12.8 Å². The molecule has 0 atom stereocenters. The fourth-order valence-corrected chi connectivity index (χ4v) is 3.09. The summed E-state index contributed by atoms with van der Waals surface area (Å²) in [5, 5.41) is 0. The molecule has 0 aliphatic heterocycles. The predicted octanol–water partition coefficient (Wildman–Crippen LogP) is 0.977. The summed E-state index contributed by atoms with van der Waals surface area (Å²) in [7, 11) is -3.14. The number of nitrogens with two attached hydrogens (primary N) is 1. The Bertz CT molecular complexity index is 498. The van der Waals surface area contributed by atoms with E-state index in [0.29, 0.717) is 24.0 Å². The Hall–Kier alpha value is -1.27. The lowest BCUT2D eigenvalue weighted by Crippen LogP contribution is -2.30. The molecule has 0 spiro atoms. The van der Waals surface area contributed by atoms with Crippen molar-refractivity contribution in [3.8, 4) is 5.75 Å². The molecule has 0 bridgehead atoms. The highest BCUT2D eigenvalue weighted by molar-refractivity contribution is 7.89. The molecule has 6 heteroatoms. The van der Waals surface area contributed by atoms with Crippen molar-refractivity contribution in [1.29, 1.82) is 0 Å². The van der Waals surface area contributed by atoms with Crippen molar-refractivity contribution in [2.45, 2.75) is 12.8 Å². The molecule has 5 nitrogen and oxygen atoms in total. The lowest BCUT2D eigenvalue weighted by Gasteiger charge is -2.08. The van der Waals surface area contributed by atoms with Gasteiger partial charge in [0.15, 0.2) is 0 Å². The fraction of sp³-hybridized carbons (Fsp3) is 0.500. The number of hydrogen-bond acceptors (Lipinski definition) is 4. The van der Waals surface area contributed by atoms with Crippen LogP contribution in [0.5, 0.6) is 5.75 Å². The second-order valence-corrected chi connectivity index (χ2v) is 6.39. The highest BCUT2D eigenvalue weighted by Crippen LogP contribution is 2.29. The van der Waals surface area contributed by atoms with Crippen LogP contribution in [0.4, 0.5) is 5.69 Å². The molecule has 1 fully saturated rings. The SMILES string of the molecule is Nc1cccc(OCCNS(=O)(=O)CC2CC2)c1. The Balaban J connectivity index is 1.69. The molecule has 0 heterocycles. The maximum absolute atomic E-state index is 11.6. The molecule has 0 unspecified atom stereocenters. The van der Waals surface area contributed by atoms with Crippen LogP contribution in [0.25, 0.3) is 0 Å². The second kappa shape index (κ2) is 5.58. The lowest BCUT2D eigenvalue weighted by molar-refractivity contribution is 0.323. The molecule has 0 saturated heterocycles. The van der Waals surface area contributed by atoms with Crippen molar-refractivity contribution in [2.24, 2.45) is 5.92 Å². The van der Waals surface area contributed by atoms with Crippen LogP contribution in [0.2, 0.25) is 0 Å². The first-order valence-corrected chi connectivity index (χ1v) is 7.66. The highest BCUT2D eigenvalue weighted by Gasteiger charge is 2.27. The maximum Gasteiger partial charge on any atom is 0.211 e. The van der Waals surface area contributed by atoms with Gasteiger partial charge in [-0.2, -0.15) is 0 Å². The minimum Gasteiger partial charge on any atom is -0.492 e. The van der Waals surface area contributed by atoms with E-state index in [4.69, 9.17) is 10.5 Å². The zero-order valence-electron chi connectivity index (χ0n) is 10.1. The molecule has 3 N–H and O–H groups in total. The van der Waals surface area contributed by atoms with Gasteiger partial charge in [0.25, 0.3) is 0 Å². The minimum absolute atomic E-state index is 0.241. The average Bonchev–Trinajstić information content (AvgIpc) is 3.08. The number of ether oxygens (including phenoxy) is 1. The van der Waals surface area contributed by atoms with E-state index >= 15 is 0 Å². The summed E-state index contributed by atoms with van der Waals surface area (Å²) in [6.45, 7) is 0.581. The molecule has 0 radical (unpaired) electrons. The maximum atomic E-state index is 11.6. The number of nitrogen functional groups attached to an aromatic ring is 1. The summed E-state index contributed by atoms with van der Waals surface area (Å²) < 4.78 is 31.0. The van der Waals surface area contributed by atoms with Crippen LogP contribution >= 0.6 is 0 Å². The van der Waals surface area contributed by atoms with Gasteiger partial charge in [-0.15, -0.1) is 0 Å². The van der Waals surface area contributed by atoms with Crippen LogP contribution in [0.15, 0.2) is 24.3 Å². The summed E-state index contributed by atoms with van der Waals surface area (Å²) in [5.41, 5.74) is 6.23. The molecule has 1 aliphatic rings. The molecule has 0 aromatic heterocycles. The first-order valence-electron chi connectivity index (χ1n) is 6.01. The van der Waals surface area contributed by atoms with Gasteiger partial charge in [0.2, 0.25) is 10.0 Å². The molecule has 1 aromatic carbocycles. The summed E-state index contributed by atoms with van der Waals surface area (Å²) in [6.07, 6.45) is 2.06. The third-order valence-corrected chi connectivity index (χ3v) is 4.26. The Morgan fingerprint density at radius 2 is 2.17 bits per heavy atom. The number of anilines is 1. The summed E-state index contributed by atoms with van der Waals surface area (Å²) >= 11 is 0. The van der Waals surface area contributed by atoms with Gasteiger partial charge in [0, 0.05) is 18.3 Å². The summed E-state index contributed by atoms with van der Waals surface area (Å²) in [5.74, 6) is 1.25. The zero-order chi connectivity index (χ0) is 13.0. The summed E-state index contributed by atoms with van der Waals surface area (Å²) in [6, 6.07) is 7.06. The standard InChI is InChI=1S/C12H18N2O3S/c13-11-2-1-3-12(8-11)17-7-6-14-18(15,16)9-10-4-5-10/h1-3,8,10,14H,4-7,9,13H2. The van der Waals surface area contributed by atoms with E-state index in [-0.39, 0.29) is 12.3 Å². The van der Waals surface area contributed by atoms with Gasteiger partial charge in [-0.3, -0.25) is 0 Å². The van der Waals surface area contributed by atoms with Crippen LogP contribution in [-0.2, 0) is 10.0 Å². The molecule has 18 heavy (non-hydrogen) atoms. The molecule has 1 aromatic rings. The number of nitrogens with one attached hydrogen (secondary N) is 1. The fourth-order valence-electron chi connectivity index (χ4n) is 1.62. The molecule has 2 rings (SSSR count). The normalized spacial score (nSPS) is 15.6. The predicted molar refractivity (Wildman–Crippen MR) is 70.9 cm³/mol. The van der Waals surface area contributed by atoms with E-state index in [1.165, 1.54) is 0 Å². The highest BCUT2D eigenvalue weighted by atomic mass is 32.2. The molecule has 0 amide bonds. The first-order chi connectivity index (χ1) is 8.55. The van der Waals surface area contributed by atoms with Crippen molar-refractivity contribution >= 4 is 15.7 Å². The Morgan fingerprint density at radius 1 is 1.39 bits per heavy atom. The number of hydrogen-bond donors (Lipinski definition) is 2. The van der Waals surface area contributed by atoms with Gasteiger partial charge < -0.3 is 10.5 Å². The van der Waals surface area contributed by atoms with Gasteiger partial charge in [-0.25, -0.2) is 13.1 Å². The quantitative estimate of drug-likeness (QED) is 0.571. The van der Waals surface area contributed by atoms with Crippen LogP contribution in [0.3, 0.4) is 0 Å². The van der Waals surface area contributed by atoms with Gasteiger partial charge in [0.05, 0.1) is 5.75 Å². The lowest BCUT2D eigenvalue weighted by atomic mass is 10.3. The van der Waals surface area contributed by atoms with E-state index in [2.05, 4.69) is 4.72 Å². The van der Waals surface area contributed by atoms with Crippen molar-refractivity contribution in [1.82, 2.24) is 4.72 Å². The second-order valence-electron chi connectivity index (χ2n) is 4.54. The van der Waals surface area contributed by atoms with Crippen molar-refractivity contribution in [3.63, 3.8) is 0 Å². The van der Waals surface area contributed by atoms with Crippen LogP contribution < -0.4 is 15.2 Å². The van der Waals surface area contributed by atoms with E-state index < -0.39 is 10.0 Å². The van der Waals surface area contributed by atoms with Gasteiger partial charge in [0.1, 0.15) is 12.4 Å². The Morgan fingerprint density at radius 3 is 2.83 bits per heavy atom.